The van der Waals surface area contributed by atoms with Gasteiger partial charge in [-0.2, -0.15) is 0 Å². The van der Waals surface area contributed by atoms with E-state index in [1.54, 1.807) is 7.05 Å². The standard InChI is InChI=1S/C15H22F2N2/c1-10(2)19(9-11-4-5-11)15-13(16)6-12(8-18-3)7-14(15)17/h6-7,10-11,18H,4-5,8-9H2,1-3H3. The van der Waals surface area contributed by atoms with Crippen molar-refractivity contribution in [2.75, 3.05) is 18.5 Å². The molecule has 0 unspecified atom stereocenters. The van der Waals surface area contributed by atoms with E-state index in [0.717, 1.165) is 6.54 Å². The second-order valence-electron chi connectivity index (χ2n) is 5.63. The minimum absolute atomic E-state index is 0.0970. The van der Waals surface area contributed by atoms with Gasteiger partial charge in [-0.05, 0) is 57.4 Å². The monoisotopic (exact) mass is 268 g/mol. The first-order valence-electron chi connectivity index (χ1n) is 6.92. The molecule has 0 spiro atoms. The van der Waals surface area contributed by atoms with E-state index in [1.807, 2.05) is 18.7 Å². The summed E-state index contributed by atoms with van der Waals surface area (Å²) in [5.41, 5.74) is 0.762. The van der Waals surface area contributed by atoms with Crippen LogP contribution in [0.5, 0.6) is 0 Å². The molecule has 4 heteroatoms. The molecule has 0 bridgehead atoms. The Bertz CT molecular complexity index is 419. The molecule has 0 aliphatic heterocycles. The van der Waals surface area contributed by atoms with Gasteiger partial charge in [0, 0.05) is 19.1 Å². The van der Waals surface area contributed by atoms with Crippen LogP contribution in [-0.2, 0) is 6.54 Å². The third-order valence-corrected chi connectivity index (χ3v) is 3.52. The van der Waals surface area contributed by atoms with Crippen molar-refractivity contribution in [2.24, 2.45) is 5.92 Å². The summed E-state index contributed by atoms with van der Waals surface area (Å²) in [6.45, 7) is 5.17. The second kappa shape index (κ2) is 5.87. The van der Waals surface area contributed by atoms with Gasteiger partial charge < -0.3 is 10.2 Å². The van der Waals surface area contributed by atoms with Crippen molar-refractivity contribution < 1.29 is 8.78 Å². The summed E-state index contributed by atoms with van der Waals surface area (Å²) in [6, 6.07) is 2.95. The number of rotatable bonds is 6. The number of nitrogens with zero attached hydrogens (tertiary/aromatic N) is 1. The molecule has 1 N–H and O–H groups in total. The van der Waals surface area contributed by atoms with Crippen LogP contribution < -0.4 is 10.2 Å². The Labute approximate surface area is 113 Å². The van der Waals surface area contributed by atoms with Crippen LogP contribution in [-0.4, -0.2) is 19.6 Å². The lowest BCUT2D eigenvalue weighted by Gasteiger charge is -2.30. The van der Waals surface area contributed by atoms with E-state index in [0.29, 0.717) is 18.0 Å². The maximum absolute atomic E-state index is 14.2. The van der Waals surface area contributed by atoms with Gasteiger partial charge in [0.05, 0.1) is 0 Å². The summed E-state index contributed by atoms with van der Waals surface area (Å²) < 4.78 is 28.4. The highest BCUT2D eigenvalue weighted by atomic mass is 19.1. The Kier molecular flexibility index (Phi) is 4.40. The fourth-order valence-electron chi connectivity index (χ4n) is 2.34. The van der Waals surface area contributed by atoms with Gasteiger partial charge in [-0.3, -0.25) is 0 Å². The van der Waals surface area contributed by atoms with Gasteiger partial charge in [0.2, 0.25) is 0 Å². The van der Waals surface area contributed by atoms with Crippen LogP contribution in [0.25, 0.3) is 0 Å². The summed E-state index contributed by atoms with van der Waals surface area (Å²) in [7, 11) is 1.76. The zero-order valence-electron chi connectivity index (χ0n) is 11.8. The van der Waals surface area contributed by atoms with Crippen molar-refractivity contribution in [3.8, 4) is 0 Å². The number of benzene rings is 1. The third-order valence-electron chi connectivity index (χ3n) is 3.52. The van der Waals surface area contributed by atoms with Crippen LogP contribution in [0.3, 0.4) is 0 Å². The molecular formula is C15H22F2N2. The van der Waals surface area contributed by atoms with Gasteiger partial charge in [-0.25, -0.2) is 8.78 Å². The molecule has 0 saturated heterocycles. The van der Waals surface area contributed by atoms with E-state index < -0.39 is 11.6 Å². The first-order valence-corrected chi connectivity index (χ1v) is 6.92. The topological polar surface area (TPSA) is 15.3 Å². The summed E-state index contributed by atoms with van der Waals surface area (Å²) in [4.78, 5) is 1.85. The maximum atomic E-state index is 14.2. The molecule has 1 aliphatic rings. The third kappa shape index (κ3) is 3.44. The summed E-state index contributed by atoms with van der Waals surface area (Å²) >= 11 is 0. The molecule has 2 nitrogen and oxygen atoms in total. The van der Waals surface area contributed by atoms with Crippen molar-refractivity contribution in [2.45, 2.75) is 39.3 Å². The van der Waals surface area contributed by atoms with Crippen LogP contribution in [0, 0.1) is 17.6 Å². The van der Waals surface area contributed by atoms with E-state index in [1.165, 1.54) is 25.0 Å². The lowest BCUT2D eigenvalue weighted by Crippen LogP contribution is -2.34. The molecule has 0 amide bonds. The average molecular weight is 268 g/mol. The van der Waals surface area contributed by atoms with Crippen molar-refractivity contribution in [3.63, 3.8) is 0 Å². The van der Waals surface area contributed by atoms with Gasteiger partial charge >= 0.3 is 0 Å². The highest BCUT2D eigenvalue weighted by molar-refractivity contribution is 5.51. The Morgan fingerprint density at radius 2 is 1.84 bits per heavy atom. The molecule has 2 rings (SSSR count). The van der Waals surface area contributed by atoms with Crippen molar-refractivity contribution >= 4 is 5.69 Å². The Hall–Kier alpha value is -1.16. The molecule has 0 atom stereocenters. The van der Waals surface area contributed by atoms with E-state index >= 15 is 0 Å². The van der Waals surface area contributed by atoms with Crippen LogP contribution in [0.4, 0.5) is 14.5 Å². The first-order chi connectivity index (χ1) is 9.02. The zero-order valence-corrected chi connectivity index (χ0v) is 11.8. The molecule has 1 aromatic carbocycles. The maximum Gasteiger partial charge on any atom is 0.149 e. The number of anilines is 1. The molecule has 1 saturated carbocycles. The van der Waals surface area contributed by atoms with Gasteiger partial charge in [-0.15, -0.1) is 0 Å². The molecule has 0 radical (unpaired) electrons. The van der Waals surface area contributed by atoms with Crippen LogP contribution in [0.2, 0.25) is 0 Å². The van der Waals surface area contributed by atoms with Crippen LogP contribution in [0.1, 0.15) is 32.3 Å². The predicted molar refractivity (Wildman–Crippen MR) is 74.3 cm³/mol. The minimum Gasteiger partial charge on any atom is -0.364 e. The summed E-state index contributed by atoms with van der Waals surface area (Å²) in [5, 5.41) is 2.91. The summed E-state index contributed by atoms with van der Waals surface area (Å²) in [6.07, 6.45) is 2.34. The summed E-state index contributed by atoms with van der Waals surface area (Å²) in [5.74, 6) is -0.322. The average Bonchev–Trinajstić information content (AvgIpc) is 3.11. The Balaban J connectivity index is 2.29. The molecule has 0 aromatic heterocycles. The predicted octanol–water partition coefficient (Wildman–Crippen LogP) is 3.31. The number of nitrogens with one attached hydrogen (secondary N) is 1. The van der Waals surface area contributed by atoms with Crippen molar-refractivity contribution in [1.82, 2.24) is 5.32 Å². The fraction of sp³-hybridized carbons (Fsp3) is 0.600. The molecule has 106 valence electrons. The number of halogens is 2. The second-order valence-corrected chi connectivity index (χ2v) is 5.63. The lowest BCUT2D eigenvalue weighted by atomic mass is 10.1. The minimum atomic E-state index is -0.459. The van der Waals surface area contributed by atoms with Gasteiger partial charge in [0.15, 0.2) is 0 Å². The smallest absolute Gasteiger partial charge is 0.149 e. The SMILES string of the molecule is CNCc1cc(F)c(N(CC2CC2)C(C)C)c(F)c1. The highest BCUT2D eigenvalue weighted by Crippen LogP contribution is 2.34. The molecule has 1 fully saturated rings. The highest BCUT2D eigenvalue weighted by Gasteiger charge is 2.28. The van der Waals surface area contributed by atoms with E-state index in [9.17, 15) is 8.78 Å². The van der Waals surface area contributed by atoms with Crippen molar-refractivity contribution in [3.05, 3.63) is 29.3 Å². The van der Waals surface area contributed by atoms with Crippen LogP contribution in [0.15, 0.2) is 12.1 Å². The first kappa shape index (κ1) is 14.3. The molecule has 1 aliphatic carbocycles. The lowest BCUT2D eigenvalue weighted by molar-refractivity contribution is 0.544. The number of hydrogen-bond donors (Lipinski definition) is 1. The number of hydrogen-bond acceptors (Lipinski definition) is 2. The van der Waals surface area contributed by atoms with Crippen molar-refractivity contribution in [1.29, 1.82) is 0 Å². The quantitative estimate of drug-likeness (QED) is 0.851. The Morgan fingerprint density at radius 1 is 1.26 bits per heavy atom. The molecule has 1 aromatic rings. The van der Waals surface area contributed by atoms with Gasteiger partial charge in [-0.1, -0.05) is 0 Å². The largest absolute Gasteiger partial charge is 0.364 e. The normalized spacial score (nSPS) is 15.1. The van der Waals surface area contributed by atoms with Crippen LogP contribution >= 0.6 is 0 Å². The van der Waals surface area contributed by atoms with Gasteiger partial charge in [0.25, 0.3) is 0 Å². The fourth-order valence-corrected chi connectivity index (χ4v) is 2.34. The van der Waals surface area contributed by atoms with E-state index in [2.05, 4.69) is 5.32 Å². The van der Waals surface area contributed by atoms with E-state index in [-0.39, 0.29) is 11.7 Å². The van der Waals surface area contributed by atoms with E-state index in [4.69, 9.17) is 0 Å². The zero-order chi connectivity index (χ0) is 14.0. The molecular weight excluding hydrogens is 246 g/mol. The molecule has 19 heavy (non-hydrogen) atoms. The van der Waals surface area contributed by atoms with Gasteiger partial charge in [0.1, 0.15) is 17.3 Å². The molecule has 0 heterocycles. The Morgan fingerprint density at radius 3 is 2.26 bits per heavy atom.